The Hall–Kier alpha value is -2.43. The Balaban J connectivity index is 1.81. The summed E-state index contributed by atoms with van der Waals surface area (Å²) < 4.78 is 19.4. The Morgan fingerprint density at radius 2 is 2.00 bits per heavy atom. The topological polar surface area (TPSA) is 39.4 Å². The van der Waals surface area contributed by atoms with Gasteiger partial charge in [0.1, 0.15) is 5.75 Å². The van der Waals surface area contributed by atoms with Crippen LogP contribution in [0.3, 0.4) is 0 Å². The average molecular weight is 285 g/mol. The van der Waals surface area contributed by atoms with Gasteiger partial charge in [0.2, 0.25) is 5.78 Å². The zero-order valence-electron chi connectivity index (χ0n) is 11.8. The van der Waals surface area contributed by atoms with Gasteiger partial charge in [0.05, 0.1) is 19.0 Å². The molecule has 0 N–H and O–H groups in total. The van der Waals surface area contributed by atoms with Gasteiger partial charge < -0.3 is 4.74 Å². The van der Waals surface area contributed by atoms with Gasteiger partial charge in [-0.3, -0.25) is 8.79 Å². The van der Waals surface area contributed by atoms with Gasteiger partial charge >= 0.3 is 0 Å². The van der Waals surface area contributed by atoms with Gasteiger partial charge in [0, 0.05) is 30.6 Å². The molecule has 0 saturated carbocycles. The number of alkyl halides is 1. The van der Waals surface area contributed by atoms with Crippen molar-refractivity contribution in [1.82, 2.24) is 14.4 Å². The van der Waals surface area contributed by atoms with E-state index in [1.807, 2.05) is 48.0 Å². The maximum Gasteiger partial charge on any atom is 0.234 e. The highest BCUT2D eigenvalue weighted by atomic mass is 19.1. The number of imidazole rings is 1. The third-order valence-corrected chi connectivity index (χ3v) is 3.14. The molecule has 108 valence electrons. The van der Waals surface area contributed by atoms with Gasteiger partial charge in [0.15, 0.2) is 0 Å². The fraction of sp³-hybridized carbons (Fsp3) is 0.250. The summed E-state index contributed by atoms with van der Waals surface area (Å²) in [6, 6.07) is 7.63. The molecule has 2 heterocycles. The molecule has 0 fully saturated rings. The van der Waals surface area contributed by atoms with Crippen LogP contribution in [0, 0.1) is 6.92 Å². The molecule has 0 aliphatic heterocycles. The zero-order valence-corrected chi connectivity index (χ0v) is 11.8. The maximum atomic E-state index is 12.0. The normalized spacial score (nSPS) is 11.0. The molecule has 0 bridgehead atoms. The smallest absolute Gasteiger partial charge is 0.234 e. The summed E-state index contributed by atoms with van der Waals surface area (Å²) in [5.41, 5.74) is 2.95. The minimum absolute atomic E-state index is 0.355. The van der Waals surface area contributed by atoms with Crippen LogP contribution in [-0.2, 0) is 0 Å². The Kier molecular flexibility index (Phi) is 3.81. The van der Waals surface area contributed by atoms with Crippen LogP contribution in [0.4, 0.5) is 4.39 Å². The first kappa shape index (κ1) is 13.5. The summed E-state index contributed by atoms with van der Waals surface area (Å²) >= 11 is 0. The van der Waals surface area contributed by atoms with Crippen molar-refractivity contribution in [2.24, 2.45) is 0 Å². The highest BCUT2D eigenvalue weighted by Crippen LogP contribution is 2.22. The number of hydrogen-bond donors (Lipinski definition) is 0. The van der Waals surface area contributed by atoms with Gasteiger partial charge in [-0.25, -0.2) is 9.97 Å². The number of aromatic nitrogens is 3. The summed E-state index contributed by atoms with van der Waals surface area (Å²) in [7, 11) is 0. The Morgan fingerprint density at radius 1 is 1.19 bits per heavy atom. The third kappa shape index (κ3) is 3.02. The van der Waals surface area contributed by atoms with E-state index in [2.05, 4.69) is 9.97 Å². The maximum absolute atomic E-state index is 12.0. The predicted octanol–water partition coefficient (Wildman–Crippen LogP) is 3.44. The first-order valence-electron chi connectivity index (χ1n) is 6.87. The quantitative estimate of drug-likeness (QED) is 0.674. The zero-order chi connectivity index (χ0) is 14.7. The number of hydrogen-bond acceptors (Lipinski definition) is 3. The predicted molar refractivity (Wildman–Crippen MR) is 79.2 cm³/mol. The van der Waals surface area contributed by atoms with Gasteiger partial charge in [0.25, 0.3) is 0 Å². The molecular weight excluding hydrogens is 269 g/mol. The van der Waals surface area contributed by atoms with Crippen LogP contribution < -0.4 is 4.74 Å². The number of rotatable bonds is 5. The fourth-order valence-electron chi connectivity index (χ4n) is 2.09. The van der Waals surface area contributed by atoms with Crippen molar-refractivity contribution in [2.45, 2.75) is 13.3 Å². The van der Waals surface area contributed by atoms with E-state index in [1.54, 1.807) is 6.20 Å². The lowest BCUT2D eigenvalue weighted by Crippen LogP contribution is -1.97. The summed E-state index contributed by atoms with van der Waals surface area (Å²) in [6.07, 6.45) is 6.16. The number of fused-ring (bicyclic) bond motifs is 1. The molecule has 0 unspecified atom stereocenters. The van der Waals surface area contributed by atoms with Crippen molar-refractivity contribution in [2.75, 3.05) is 13.3 Å². The van der Waals surface area contributed by atoms with Crippen molar-refractivity contribution >= 4 is 5.78 Å². The molecule has 2 aromatic heterocycles. The molecule has 0 spiro atoms. The molecule has 4 nitrogen and oxygen atoms in total. The Bertz CT molecular complexity index is 737. The van der Waals surface area contributed by atoms with Crippen LogP contribution in [0.5, 0.6) is 5.75 Å². The van der Waals surface area contributed by atoms with E-state index in [1.165, 1.54) is 0 Å². The van der Waals surface area contributed by atoms with Crippen LogP contribution in [0.2, 0.25) is 0 Å². The van der Waals surface area contributed by atoms with Crippen molar-refractivity contribution in [3.8, 4) is 17.0 Å². The van der Waals surface area contributed by atoms with Crippen LogP contribution >= 0.6 is 0 Å². The average Bonchev–Trinajstić information content (AvgIpc) is 2.91. The van der Waals surface area contributed by atoms with Crippen LogP contribution in [0.1, 0.15) is 12.0 Å². The van der Waals surface area contributed by atoms with E-state index >= 15 is 0 Å². The first-order chi connectivity index (χ1) is 10.3. The van der Waals surface area contributed by atoms with E-state index in [0.29, 0.717) is 18.8 Å². The number of ether oxygens (including phenoxy) is 1. The molecule has 0 atom stereocenters. The van der Waals surface area contributed by atoms with E-state index in [9.17, 15) is 4.39 Å². The lowest BCUT2D eigenvalue weighted by Gasteiger charge is -2.04. The Morgan fingerprint density at radius 3 is 2.76 bits per heavy atom. The van der Waals surface area contributed by atoms with Gasteiger partial charge in [-0.2, -0.15) is 0 Å². The van der Waals surface area contributed by atoms with Crippen LogP contribution in [0.15, 0.2) is 42.9 Å². The number of benzene rings is 1. The van der Waals surface area contributed by atoms with Crippen LogP contribution in [0.25, 0.3) is 17.0 Å². The molecule has 0 amide bonds. The van der Waals surface area contributed by atoms with Gasteiger partial charge in [-0.15, -0.1) is 0 Å². The van der Waals surface area contributed by atoms with E-state index in [0.717, 1.165) is 22.6 Å². The number of nitrogens with zero attached hydrogens (tertiary/aromatic N) is 3. The van der Waals surface area contributed by atoms with E-state index in [-0.39, 0.29) is 6.67 Å². The molecule has 0 saturated heterocycles. The summed E-state index contributed by atoms with van der Waals surface area (Å²) in [5, 5.41) is 0. The van der Waals surface area contributed by atoms with Crippen molar-refractivity contribution in [3.05, 3.63) is 48.4 Å². The second-order valence-corrected chi connectivity index (χ2v) is 4.88. The SMILES string of the molecule is Cc1cnc2nc(-c3ccc(OCCCF)cc3)cn2c1. The minimum Gasteiger partial charge on any atom is -0.493 e. The fourth-order valence-corrected chi connectivity index (χ4v) is 2.09. The highest BCUT2D eigenvalue weighted by molar-refractivity contribution is 5.62. The lowest BCUT2D eigenvalue weighted by molar-refractivity contribution is 0.289. The van der Waals surface area contributed by atoms with E-state index in [4.69, 9.17) is 4.74 Å². The monoisotopic (exact) mass is 285 g/mol. The molecule has 0 aliphatic carbocycles. The third-order valence-electron chi connectivity index (χ3n) is 3.14. The summed E-state index contributed by atoms with van der Waals surface area (Å²) in [5.74, 6) is 1.42. The largest absolute Gasteiger partial charge is 0.493 e. The lowest BCUT2D eigenvalue weighted by atomic mass is 10.2. The van der Waals surface area contributed by atoms with Crippen molar-refractivity contribution in [1.29, 1.82) is 0 Å². The standard InChI is InChI=1S/C16H16FN3O/c1-12-9-18-16-19-15(11-20(16)10-12)13-3-5-14(6-4-13)21-8-2-7-17/h3-6,9-11H,2,7-8H2,1H3. The molecule has 5 heteroatoms. The van der Waals surface area contributed by atoms with Crippen molar-refractivity contribution in [3.63, 3.8) is 0 Å². The number of halogens is 1. The van der Waals surface area contributed by atoms with Crippen molar-refractivity contribution < 1.29 is 9.13 Å². The Labute approximate surface area is 122 Å². The van der Waals surface area contributed by atoms with Gasteiger partial charge in [-0.05, 0) is 36.8 Å². The number of aryl methyl sites for hydroxylation is 1. The summed E-state index contributed by atoms with van der Waals surface area (Å²) in [4.78, 5) is 8.78. The minimum atomic E-state index is -0.355. The molecule has 3 aromatic rings. The summed E-state index contributed by atoms with van der Waals surface area (Å²) in [6.45, 7) is 2.04. The molecule has 1 aromatic carbocycles. The molecular formula is C16H16FN3O. The molecule has 0 radical (unpaired) electrons. The first-order valence-corrected chi connectivity index (χ1v) is 6.87. The van der Waals surface area contributed by atoms with Gasteiger partial charge in [-0.1, -0.05) is 0 Å². The molecule has 0 aliphatic rings. The molecule has 3 rings (SSSR count). The van der Waals surface area contributed by atoms with E-state index < -0.39 is 0 Å². The second-order valence-electron chi connectivity index (χ2n) is 4.88. The molecule has 21 heavy (non-hydrogen) atoms. The second kappa shape index (κ2) is 5.91. The van der Waals surface area contributed by atoms with Crippen LogP contribution in [-0.4, -0.2) is 27.7 Å². The highest BCUT2D eigenvalue weighted by Gasteiger charge is 2.05.